The molecule has 0 saturated heterocycles. The van der Waals surface area contributed by atoms with Crippen LogP contribution in [0.5, 0.6) is 11.5 Å². The summed E-state index contributed by atoms with van der Waals surface area (Å²) in [7, 11) is 3.12. The Morgan fingerprint density at radius 2 is 1.95 bits per heavy atom. The lowest BCUT2D eigenvalue weighted by molar-refractivity contribution is -0.122. The number of amides is 1. The number of methoxy groups -OCH3 is 2. The minimum atomic E-state index is -0.509. The first-order valence-corrected chi connectivity index (χ1v) is 6.30. The standard InChI is InChI=1S/C13H18N4O4/c1-19-10-5-8-9(6-11(10)20-2)17(13(15)16-8)3-4-21-7-12(14)18/h5-6H,3-4,7H2,1-2H3,(H2,14,18)(H2,15,16). The van der Waals surface area contributed by atoms with Crippen LogP contribution in [-0.2, 0) is 16.1 Å². The number of fused-ring (bicyclic) bond motifs is 1. The maximum absolute atomic E-state index is 10.6. The number of nitrogens with two attached hydrogens (primary N) is 2. The molecule has 2 rings (SSSR count). The van der Waals surface area contributed by atoms with E-state index in [1.54, 1.807) is 30.9 Å². The number of benzene rings is 1. The number of carbonyl (C=O) groups is 1. The van der Waals surface area contributed by atoms with Crippen LogP contribution < -0.4 is 20.9 Å². The van der Waals surface area contributed by atoms with Gasteiger partial charge in [-0.25, -0.2) is 4.98 Å². The van der Waals surface area contributed by atoms with Crippen LogP contribution in [0, 0.1) is 0 Å². The van der Waals surface area contributed by atoms with Crippen LogP contribution >= 0.6 is 0 Å². The van der Waals surface area contributed by atoms with Crippen molar-refractivity contribution in [2.24, 2.45) is 5.73 Å². The third kappa shape index (κ3) is 3.16. The van der Waals surface area contributed by atoms with Gasteiger partial charge in [-0.1, -0.05) is 0 Å². The molecule has 8 heteroatoms. The second kappa shape index (κ2) is 6.31. The van der Waals surface area contributed by atoms with E-state index in [9.17, 15) is 4.79 Å². The van der Waals surface area contributed by atoms with Crippen LogP contribution in [0.3, 0.4) is 0 Å². The number of anilines is 1. The molecule has 0 saturated carbocycles. The van der Waals surface area contributed by atoms with E-state index < -0.39 is 5.91 Å². The molecule has 1 amide bonds. The molecule has 0 bridgehead atoms. The lowest BCUT2D eigenvalue weighted by Gasteiger charge is -2.09. The summed E-state index contributed by atoms with van der Waals surface area (Å²) >= 11 is 0. The second-order valence-corrected chi connectivity index (χ2v) is 4.34. The van der Waals surface area contributed by atoms with Crippen molar-refractivity contribution < 1.29 is 19.0 Å². The van der Waals surface area contributed by atoms with Crippen molar-refractivity contribution in [1.82, 2.24) is 9.55 Å². The zero-order valence-corrected chi connectivity index (χ0v) is 12.0. The number of aromatic nitrogens is 2. The Balaban J connectivity index is 2.26. The molecule has 1 aromatic heterocycles. The van der Waals surface area contributed by atoms with Gasteiger partial charge in [-0.3, -0.25) is 4.79 Å². The van der Waals surface area contributed by atoms with Gasteiger partial charge in [0.25, 0.3) is 0 Å². The highest BCUT2D eigenvalue weighted by molar-refractivity contribution is 5.82. The predicted molar refractivity (Wildman–Crippen MR) is 77.3 cm³/mol. The average Bonchev–Trinajstić information content (AvgIpc) is 2.76. The minimum Gasteiger partial charge on any atom is -0.493 e. The van der Waals surface area contributed by atoms with Gasteiger partial charge in [-0.05, 0) is 0 Å². The van der Waals surface area contributed by atoms with Crippen LogP contribution in [-0.4, -0.2) is 42.9 Å². The van der Waals surface area contributed by atoms with E-state index in [0.29, 0.717) is 36.1 Å². The van der Waals surface area contributed by atoms with Gasteiger partial charge in [-0.2, -0.15) is 0 Å². The summed E-state index contributed by atoms with van der Waals surface area (Å²) in [5.41, 5.74) is 12.4. The Kier molecular flexibility index (Phi) is 4.49. The summed E-state index contributed by atoms with van der Waals surface area (Å²) in [5, 5.41) is 0. The topological polar surface area (TPSA) is 115 Å². The Labute approximate surface area is 121 Å². The molecule has 0 fully saturated rings. The molecular formula is C13H18N4O4. The molecule has 0 aliphatic rings. The fourth-order valence-electron chi connectivity index (χ4n) is 2.03. The van der Waals surface area contributed by atoms with Crippen molar-refractivity contribution in [3.63, 3.8) is 0 Å². The molecule has 0 radical (unpaired) electrons. The lowest BCUT2D eigenvalue weighted by Crippen LogP contribution is -2.20. The van der Waals surface area contributed by atoms with E-state index in [1.807, 2.05) is 0 Å². The van der Waals surface area contributed by atoms with E-state index in [4.69, 9.17) is 25.7 Å². The monoisotopic (exact) mass is 294 g/mol. The molecule has 0 unspecified atom stereocenters. The summed E-state index contributed by atoms with van der Waals surface area (Å²) in [6.07, 6.45) is 0. The van der Waals surface area contributed by atoms with Crippen LogP contribution in [0.15, 0.2) is 12.1 Å². The van der Waals surface area contributed by atoms with Crippen molar-refractivity contribution in [3.05, 3.63) is 12.1 Å². The smallest absolute Gasteiger partial charge is 0.243 e. The molecule has 4 N–H and O–H groups in total. The first-order valence-electron chi connectivity index (χ1n) is 6.30. The van der Waals surface area contributed by atoms with Crippen molar-refractivity contribution in [3.8, 4) is 11.5 Å². The zero-order chi connectivity index (χ0) is 15.4. The quantitative estimate of drug-likeness (QED) is 0.702. The van der Waals surface area contributed by atoms with Gasteiger partial charge in [0.05, 0.1) is 31.9 Å². The maximum atomic E-state index is 10.6. The molecule has 1 heterocycles. The van der Waals surface area contributed by atoms with Crippen molar-refractivity contribution in [1.29, 1.82) is 0 Å². The van der Waals surface area contributed by atoms with Gasteiger partial charge in [0.2, 0.25) is 11.9 Å². The van der Waals surface area contributed by atoms with Gasteiger partial charge in [0, 0.05) is 18.7 Å². The van der Waals surface area contributed by atoms with Gasteiger partial charge < -0.3 is 30.2 Å². The van der Waals surface area contributed by atoms with E-state index >= 15 is 0 Å². The van der Waals surface area contributed by atoms with Crippen LogP contribution in [0.2, 0.25) is 0 Å². The number of carbonyl (C=O) groups excluding carboxylic acids is 1. The Hall–Kier alpha value is -2.48. The summed E-state index contributed by atoms with van der Waals surface area (Å²) in [4.78, 5) is 14.9. The van der Waals surface area contributed by atoms with E-state index in [-0.39, 0.29) is 6.61 Å². The first kappa shape index (κ1) is 14.9. The third-order valence-electron chi connectivity index (χ3n) is 2.99. The number of rotatable bonds is 7. The van der Waals surface area contributed by atoms with Crippen LogP contribution in [0.4, 0.5) is 5.95 Å². The Bertz CT molecular complexity index is 653. The van der Waals surface area contributed by atoms with Crippen LogP contribution in [0.25, 0.3) is 11.0 Å². The third-order valence-corrected chi connectivity index (χ3v) is 2.99. The minimum absolute atomic E-state index is 0.121. The number of nitrogens with zero attached hydrogens (tertiary/aromatic N) is 2. The van der Waals surface area contributed by atoms with E-state index in [2.05, 4.69) is 4.98 Å². The Morgan fingerprint density at radius 3 is 2.57 bits per heavy atom. The van der Waals surface area contributed by atoms with Crippen molar-refractivity contribution >= 4 is 22.9 Å². The second-order valence-electron chi connectivity index (χ2n) is 4.34. The lowest BCUT2D eigenvalue weighted by atomic mass is 10.2. The fourth-order valence-corrected chi connectivity index (χ4v) is 2.03. The number of primary amides is 1. The predicted octanol–water partition coefficient (Wildman–Crippen LogP) is 0.138. The Morgan fingerprint density at radius 1 is 1.29 bits per heavy atom. The highest BCUT2D eigenvalue weighted by atomic mass is 16.5. The van der Waals surface area contributed by atoms with Crippen molar-refractivity contribution in [2.45, 2.75) is 6.54 Å². The maximum Gasteiger partial charge on any atom is 0.243 e. The fraction of sp³-hybridized carbons (Fsp3) is 0.385. The van der Waals surface area contributed by atoms with E-state index in [0.717, 1.165) is 5.52 Å². The van der Waals surface area contributed by atoms with Crippen LogP contribution in [0.1, 0.15) is 0 Å². The summed E-state index contributed by atoms with van der Waals surface area (Å²) < 4.78 is 17.4. The normalized spacial score (nSPS) is 10.8. The summed E-state index contributed by atoms with van der Waals surface area (Å²) in [6, 6.07) is 3.55. The molecule has 0 atom stereocenters. The number of imidazole rings is 1. The number of hydrogen-bond acceptors (Lipinski definition) is 6. The van der Waals surface area contributed by atoms with Crippen molar-refractivity contribution in [2.75, 3.05) is 33.2 Å². The number of hydrogen-bond donors (Lipinski definition) is 2. The molecule has 21 heavy (non-hydrogen) atoms. The van der Waals surface area contributed by atoms with Gasteiger partial charge in [-0.15, -0.1) is 0 Å². The molecule has 114 valence electrons. The highest BCUT2D eigenvalue weighted by Gasteiger charge is 2.13. The molecule has 8 nitrogen and oxygen atoms in total. The van der Waals surface area contributed by atoms with E-state index in [1.165, 1.54) is 0 Å². The van der Waals surface area contributed by atoms with Gasteiger partial charge in [0.1, 0.15) is 6.61 Å². The molecule has 2 aromatic rings. The highest BCUT2D eigenvalue weighted by Crippen LogP contribution is 2.32. The zero-order valence-electron chi connectivity index (χ0n) is 12.0. The molecule has 0 aliphatic carbocycles. The van der Waals surface area contributed by atoms with Gasteiger partial charge >= 0.3 is 0 Å². The number of nitrogen functional groups attached to an aromatic ring is 1. The SMILES string of the molecule is COc1cc2nc(N)n(CCOCC(N)=O)c2cc1OC. The molecular weight excluding hydrogens is 276 g/mol. The largest absolute Gasteiger partial charge is 0.493 e. The summed E-state index contributed by atoms with van der Waals surface area (Å²) in [5.74, 6) is 1.01. The number of ether oxygens (including phenoxy) is 3. The average molecular weight is 294 g/mol. The molecule has 0 spiro atoms. The van der Waals surface area contributed by atoms with Gasteiger partial charge in [0.15, 0.2) is 11.5 Å². The molecule has 1 aromatic carbocycles. The summed E-state index contributed by atoms with van der Waals surface area (Å²) in [6.45, 7) is 0.627. The first-order chi connectivity index (χ1) is 10.1. The molecule has 0 aliphatic heterocycles.